The smallest absolute Gasteiger partial charge is 0.307 e. The second-order valence-electron chi connectivity index (χ2n) is 5.08. The van der Waals surface area contributed by atoms with E-state index in [0.717, 1.165) is 12.8 Å². The molecule has 1 aromatic carbocycles. The van der Waals surface area contributed by atoms with Gasteiger partial charge >= 0.3 is 5.97 Å². The van der Waals surface area contributed by atoms with Crippen LogP contribution in [0, 0.1) is 6.92 Å². The summed E-state index contributed by atoms with van der Waals surface area (Å²) in [4.78, 5) is 11.6. The quantitative estimate of drug-likeness (QED) is 0.674. The fraction of sp³-hybridized carbons (Fsp3) is 0.500. The van der Waals surface area contributed by atoms with Crippen molar-refractivity contribution in [3.63, 3.8) is 0 Å². The summed E-state index contributed by atoms with van der Waals surface area (Å²) >= 11 is 0. The monoisotopic (exact) mass is 216 g/mol. The summed E-state index contributed by atoms with van der Waals surface area (Å²) < 4.78 is 5.43. The van der Waals surface area contributed by atoms with Gasteiger partial charge in [-0.15, -0.1) is 0 Å². The highest BCUT2D eigenvalue weighted by Crippen LogP contribution is 2.54. The van der Waals surface area contributed by atoms with Crippen LogP contribution in [-0.2, 0) is 14.9 Å². The SMILES string of the molecule is CC[C@]12CC(=O)O[C@H](C1)c1ccc(C)cc12. The zero-order valence-corrected chi connectivity index (χ0v) is 9.75. The molecule has 0 saturated carbocycles. The van der Waals surface area contributed by atoms with E-state index in [9.17, 15) is 4.79 Å². The molecule has 0 aromatic heterocycles. The molecular weight excluding hydrogens is 200 g/mol. The molecule has 0 spiro atoms. The number of carbonyl (C=O) groups is 1. The largest absolute Gasteiger partial charge is 0.457 e. The van der Waals surface area contributed by atoms with Crippen molar-refractivity contribution in [1.82, 2.24) is 0 Å². The summed E-state index contributed by atoms with van der Waals surface area (Å²) in [6.07, 6.45) is 2.57. The van der Waals surface area contributed by atoms with Crippen LogP contribution in [0.15, 0.2) is 18.2 Å². The summed E-state index contributed by atoms with van der Waals surface area (Å²) in [6.45, 7) is 4.28. The first-order chi connectivity index (χ1) is 7.64. The molecule has 2 nitrogen and oxygen atoms in total. The molecule has 1 heterocycles. The van der Waals surface area contributed by atoms with Crippen molar-refractivity contribution < 1.29 is 9.53 Å². The molecule has 84 valence electrons. The molecule has 3 rings (SSSR count). The number of hydrogen-bond acceptors (Lipinski definition) is 2. The van der Waals surface area contributed by atoms with Crippen molar-refractivity contribution in [2.75, 3.05) is 0 Å². The van der Waals surface area contributed by atoms with Gasteiger partial charge in [-0.3, -0.25) is 4.79 Å². The van der Waals surface area contributed by atoms with Crippen LogP contribution >= 0.6 is 0 Å². The second-order valence-corrected chi connectivity index (χ2v) is 5.08. The van der Waals surface area contributed by atoms with Gasteiger partial charge in [-0.1, -0.05) is 30.7 Å². The van der Waals surface area contributed by atoms with Gasteiger partial charge in [0.25, 0.3) is 0 Å². The maximum atomic E-state index is 11.6. The van der Waals surface area contributed by atoms with Crippen LogP contribution < -0.4 is 0 Å². The molecule has 1 aliphatic carbocycles. The van der Waals surface area contributed by atoms with Crippen LogP contribution in [0.4, 0.5) is 0 Å². The van der Waals surface area contributed by atoms with Crippen LogP contribution in [0.1, 0.15) is 49.0 Å². The van der Waals surface area contributed by atoms with Crippen LogP contribution in [0.3, 0.4) is 0 Å². The topological polar surface area (TPSA) is 26.3 Å². The average Bonchev–Trinajstić information content (AvgIpc) is 2.48. The Kier molecular flexibility index (Phi) is 1.91. The van der Waals surface area contributed by atoms with Crippen molar-refractivity contribution in [1.29, 1.82) is 0 Å². The van der Waals surface area contributed by atoms with Crippen LogP contribution in [-0.4, -0.2) is 5.97 Å². The molecule has 1 saturated heterocycles. The number of ether oxygens (including phenoxy) is 1. The zero-order valence-electron chi connectivity index (χ0n) is 9.75. The first-order valence-electron chi connectivity index (χ1n) is 5.95. The van der Waals surface area contributed by atoms with Gasteiger partial charge in [0.05, 0.1) is 6.42 Å². The molecule has 2 heteroatoms. The molecular formula is C14H16O2. The summed E-state index contributed by atoms with van der Waals surface area (Å²) in [5, 5.41) is 0. The van der Waals surface area contributed by atoms with Crippen molar-refractivity contribution in [2.24, 2.45) is 0 Å². The van der Waals surface area contributed by atoms with Gasteiger partial charge in [0.1, 0.15) is 6.10 Å². The Labute approximate surface area is 95.6 Å². The minimum atomic E-state index is -0.0352. The third-order valence-electron chi connectivity index (χ3n) is 4.14. The lowest BCUT2D eigenvalue weighted by molar-refractivity contribution is -0.156. The number of carbonyl (C=O) groups excluding carboxylic acids is 1. The highest BCUT2D eigenvalue weighted by Gasteiger charge is 2.49. The number of rotatable bonds is 1. The van der Waals surface area contributed by atoms with Gasteiger partial charge < -0.3 is 4.74 Å². The van der Waals surface area contributed by atoms with Crippen LogP contribution in [0.25, 0.3) is 0 Å². The molecule has 2 aliphatic rings. The zero-order chi connectivity index (χ0) is 11.3. The van der Waals surface area contributed by atoms with Gasteiger partial charge in [0.15, 0.2) is 0 Å². The molecule has 2 bridgehead atoms. The lowest BCUT2D eigenvalue weighted by Crippen LogP contribution is -2.31. The van der Waals surface area contributed by atoms with E-state index in [1.54, 1.807) is 0 Å². The van der Waals surface area contributed by atoms with Crippen molar-refractivity contribution in [3.05, 3.63) is 34.9 Å². The summed E-state index contributed by atoms with van der Waals surface area (Å²) in [7, 11) is 0. The predicted octanol–water partition coefficient (Wildman–Crippen LogP) is 3.03. The summed E-state index contributed by atoms with van der Waals surface area (Å²) in [5.41, 5.74) is 3.91. The Morgan fingerprint density at radius 1 is 1.50 bits per heavy atom. The Hall–Kier alpha value is -1.31. The Morgan fingerprint density at radius 2 is 2.31 bits per heavy atom. The maximum Gasteiger partial charge on any atom is 0.307 e. The molecule has 2 atom stereocenters. The summed E-state index contributed by atoms with van der Waals surface area (Å²) in [5.74, 6) is -0.0352. The van der Waals surface area contributed by atoms with E-state index in [4.69, 9.17) is 4.74 Å². The first kappa shape index (κ1) is 9.88. The molecule has 0 radical (unpaired) electrons. The second kappa shape index (κ2) is 3.09. The van der Waals surface area contributed by atoms with Crippen molar-refractivity contribution in [2.45, 2.75) is 44.6 Å². The third kappa shape index (κ3) is 1.16. The standard InChI is InChI=1S/C14H16O2/c1-3-14-7-12(16-13(15)8-14)10-5-4-9(2)6-11(10)14/h4-6,12H,3,7-8H2,1-2H3/t12-,14-/m1/s1. The number of fused-ring (bicyclic) bond motifs is 5. The van der Waals surface area contributed by atoms with E-state index in [1.807, 2.05) is 0 Å². The number of esters is 1. The molecule has 1 aromatic rings. The van der Waals surface area contributed by atoms with Crippen LogP contribution in [0.5, 0.6) is 0 Å². The molecule has 0 unspecified atom stereocenters. The minimum Gasteiger partial charge on any atom is -0.457 e. The van der Waals surface area contributed by atoms with Crippen LogP contribution in [0.2, 0.25) is 0 Å². The fourth-order valence-electron chi connectivity index (χ4n) is 3.19. The van der Waals surface area contributed by atoms with Gasteiger partial charge in [0, 0.05) is 5.41 Å². The molecule has 16 heavy (non-hydrogen) atoms. The fourth-order valence-corrected chi connectivity index (χ4v) is 3.19. The minimum absolute atomic E-state index is 0.0109. The Bertz CT molecular complexity index is 464. The average molecular weight is 216 g/mol. The number of hydrogen-bond donors (Lipinski definition) is 0. The van der Waals surface area contributed by atoms with Gasteiger partial charge in [-0.2, -0.15) is 0 Å². The highest BCUT2D eigenvalue weighted by atomic mass is 16.5. The molecule has 1 fully saturated rings. The maximum absolute atomic E-state index is 11.6. The van der Waals surface area contributed by atoms with E-state index in [0.29, 0.717) is 6.42 Å². The lowest BCUT2D eigenvalue weighted by Gasteiger charge is -2.31. The lowest BCUT2D eigenvalue weighted by atomic mass is 9.75. The van der Waals surface area contributed by atoms with E-state index < -0.39 is 0 Å². The predicted molar refractivity (Wildman–Crippen MR) is 61.2 cm³/mol. The molecule has 0 N–H and O–H groups in total. The molecule has 1 aliphatic heterocycles. The van der Waals surface area contributed by atoms with E-state index >= 15 is 0 Å². The van der Waals surface area contributed by atoms with E-state index in [2.05, 4.69) is 32.0 Å². The van der Waals surface area contributed by atoms with Gasteiger partial charge in [-0.05, 0) is 30.9 Å². The van der Waals surface area contributed by atoms with E-state index in [-0.39, 0.29) is 17.5 Å². The van der Waals surface area contributed by atoms with Gasteiger partial charge in [0.2, 0.25) is 0 Å². The number of benzene rings is 1. The first-order valence-corrected chi connectivity index (χ1v) is 5.95. The van der Waals surface area contributed by atoms with Gasteiger partial charge in [-0.25, -0.2) is 0 Å². The highest BCUT2D eigenvalue weighted by molar-refractivity contribution is 5.75. The Morgan fingerprint density at radius 3 is 3.06 bits per heavy atom. The third-order valence-corrected chi connectivity index (χ3v) is 4.14. The van der Waals surface area contributed by atoms with E-state index in [1.165, 1.54) is 16.7 Å². The van der Waals surface area contributed by atoms with Crippen molar-refractivity contribution >= 4 is 5.97 Å². The Balaban J connectivity index is 2.20. The summed E-state index contributed by atoms with van der Waals surface area (Å²) in [6, 6.07) is 6.48. The normalized spacial score (nSPS) is 31.1. The number of aryl methyl sites for hydroxylation is 1. The molecule has 0 amide bonds. The van der Waals surface area contributed by atoms with Crippen molar-refractivity contribution in [3.8, 4) is 0 Å².